The number of nitrogens with zero attached hydrogens (tertiary/aromatic N) is 2. The minimum absolute atomic E-state index is 0.0323. The molecule has 1 saturated heterocycles. The molecule has 13 heteroatoms. The summed E-state index contributed by atoms with van der Waals surface area (Å²) in [6, 6.07) is -1.26. The van der Waals surface area contributed by atoms with Crippen molar-refractivity contribution in [3.05, 3.63) is 11.9 Å². The Hall–Kier alpha value is -2.16. The zero-order valence-corrected chi connectivity index (χ0v) is 15.1. The summed E-state index contributed by atoms with van der Waals surface area (Å²) in [5.41, 5.74) is 0.534. The lowest BCUT2D eigenvalue weighted by molar-refractivity contribution is -0.303. The van der Waals surface area contributed by atoms with Crippen LogP contribution in [0.4, 0.5) is 0 Å². The van der Waals surface area contributed by atoms with Gasteiger partial charge in [0.15, 0.2) is 0 Å². The van der Waals surface area contributed by atoms with Crippen LogP contribution in [-0.2, 0) is 25.5 Å². The van der Waals surface area contributed by atoms with Crippen LogP contribution >= 0.6 is 0 Å². The molecule has 1 aromatic rings. The maximum absolute atomic E-state index is 12.2. The molecular formula is C15H24N4O9. The van der Waals surface area contributed by atoms with E-state index in [4.69, 9.17) is 14.6 Å². The van der Waals surface area contributed by atoms with Gasteiger partial charge < -0.3 is 40.3 Å². The summed E-state index contributed by atoms with van der Waals surface area (Å²) in [5.74, 6) is -4.38. The molecule has 1 aliphatic heterocycles. The van der Waals surface area contributed by atoms with Gasteiger partial charge in [-0.2, -0.15) is 15.4 Å². The molecule has 13 nitrogen and oxygen atoms in total. The second kappa shape index (κ2) is 9.36. The van der Waals surface area contributed by atoms with Gasteiger partial charge in [-0.1, -0.05) is 0 Å². The second-order valence-electron chi connectivity index (χ2n) is 6.41. The summed E-state index contributed by atoms with van der Waals surface area (Å²) in [6.07, 6.45) is -5.45. The van der Waals surface area contributed by atoms with Crippen LogP contribution in [-0.4, -0.2) is 103 Å². The molecule has 0 spiro atoms. The van der Waals surface area contributed by atoms with Crippen LogP contribution in [0.3, 0.4) is 0 Å². The number of nitrogens with one attached hydrogen (secondary N) is 2. The van der Waals surface area contributed by atoms with E-state index in [1.807, 2.05) is 0 Å². The van der Waals surface area contributed by atoms with Gasteiger partial charge in [0.2, 0.25) is 5.91 Å². The Balaban J connectivity index is 2.16. The third kappa shape index (κ3) is 4.81. The number of carbonyl (C=O) groups is 2. The van der Waals surface area contributed by atoms with Crippen LogP contribution in [0, 0.1) is 0 Å². The van der Waals surface area contributed by atoms with Crippen molar-refractivity contribution in [2.75, 3.05) is 13.7 Å². The van der Waals surface area contributed by atoms with Crippen LogP contribution in [0.15, 0.2) is 6.20 Å². The first-order chi connectivity index (χ1) is 13.2. The van der Waals surface area contributed by atoms with Gasteiger partial charge in [0.1, 0.15) is 18.3 Å². The van der Waals surface area contributed by atoms with Gasteiger partial charge in [-0.15, -0.1) is 0 Å². The van der Waals surface area contributed by atoms with Crippen molar-refractivity contribution in [1.29, 1.82) is 0 Å². The van der Waals surface area contributed by atoms with Gasteiger partial charge >= 0.3 is 5.97 Å². The molecule has 0 bridgehead atoms. The highest BCUT2D eigenvalue weighted by Crippen LogP contribution is 2.33. The van der Waals surface area contributed by atoms with Gasteiger partial charge in [0, 0.05) is 26.4 Å². The summed E-state index contributed by atoms with van der Waals surface area (Å²) >= 11 is 0. The number of carbonyl (C=O) groups excluding carboxylic acids is 1. The largest absolute Gasteiger partial charge is 0.477 e. The van der Waals surface area contributed by atoms with Crippen molar-refractivity contribution < 1.29 is 44.6 Å². The number of methoxy groups -OCH3 is 1. The molecule has 7 N–H and O–H groups in total. The number of aromatic nitrogens is 3. The number of hydrogen-bond acceptors (Lipinski definition) is 10. The molecule has 4 unspecified atom stereocenters. The highest BCUT2D eigenvalue weighted by molar-refractivity contribution is 5.77. The van der Waals surface area contributed by atoms with Crippen molar-refractivity contribution in [2.24, 2.45) is 0 Å². The Morgan fingerprint density at radius 1 is 1.50 bits per heavy atom. The van der Waals surface area contributed by atoms with Gasteiger partial charge in [-0.25, -0.2) is 4.79 Å². The van der Waals surface area contributed by atoms with Crippen molar-refractivity contribution in [1.82, 2.24) is 20.7 Å². The molecule has 158 valence electrons. The van der Waals surface area contributed by atoms with Gasteiger partial charge in [-0.05, 0) is 0 Å². The third-order valence-electron chi connectivity index (χ3n) is 4.55. The van der Waals surface area contributed by atoms with E-state index in [9.17, 15) is 30.0 Å². The maximum Gasteiger partial charge on any atom is 0.364 e. The van der Waals surface area contributed by atoms with Crippen molar-refractivity contribution in [3.8, 4) is 0 Å². The quantitative estimate of drug-likeness (QED) is 0.215. The number of aliphatic hydroxyl groups is 4. The van der Waals surface area contributed by atoms with E-state index in [2.05, 4.69) is 20.7 Å². The Labute approximate surface area is 159 Å². The predicted molar refractivity (Wildman–Crippen MR) is 88.6 cm³/mol. The number of aromatic amines is 1. The van der Waals surface area contributed by atoms with E-state index in [-0.39, 0.29) is 12.8 Å². The first kappa shape index (κ1) is 22.1. The smallest absolute Gasteiger partial charge is 0.364 e. The minimum Gasteiger partial charge on any atom is -0.477 e. The number of aryl methyl sites for hydroxylation is 1. The zero-order valence-electron chi connectivity index (χ0n) is 15.1. The van der Waals surface area contributed by atoms with Crippen LogP contribution in [0.1, 0.15) is 18.5 Å². The first-order valence-corrected chi connectivity index (χ1v) is 8.49. The Morgan fingerprint density at radius 2 is 2.21 bits per heavy atom. The molecule has 0 aromatic carbocycles. The number of aliphatic carboxylic acids is 1. The molecule has 6 atom stereocenters. The number of carboxylic acid groups (broad SMARTS) is 1. The van der Waals surface area contributed by atoms with E-state index >= 15 is 0 Å². The van der Waals surface area contributed by atoms with Gasteiger partial charge in [0.05, 0.1) is 30.6 Å². The number of rotatable bonds is 9. The van der Waals surface area contributed by atoms with Gasteiger partial charge in [0.25, 0.3) is 5.79 Å². The molecule has 2 heterocycles. The van der Waals surface area contributed by atoms with Crippen molar-refractivity contribution in [2.45, 2.75) is 55.5 Å². The van der Waals surface area contributed by atoms with E-state index in [1.165, 1.54) is 6.20 Å². The fourth-order valence-electron chi connectivity index (χ4n) is 2.95. The molecule has 2 rings (SSSR count). The molecular weight excluding hydrogens is 380 g/mol. The van der Waals surface area contributed by atoms with E-state index in [0.29, 0.717) is 5.69 Å². The topological polar surface area (TPSA) is 207 Å². The monoisotopic (exact) mass is 404 g/mol. The zero-order chi connectivity index (χ0) is 20.9. The average molecular weight is 404 g/mol. The van der Waals surface area contributed by atoms with Crippen LogP contribution in [0.25, 0.3) is 0 Å². The third-order valence-corrected chi connectivity index (χ3v) is 4.55. The molecule has 1 fully saturated rings. The minimum atomic E-state index is -2.29. The fourth-order valence-corrected chi connectivity index (χ4v) is 2.95. The number of aliphatic hydroxyl groups excluding tert-OH is 4. The Bertz CT molecular complexity index is 658. The molecule has 0 aliphatic carbocycles. The summed E-state index contributed by atoms with van der Waals surface area (Å²) in [6.45, 7) is -0.850. The Morgan fingerprint density at radius 3 is 2.75 bits per heavy atom. The van der Waals surface area contributed by atoms with E-state index in [0.717, 1.165) is 7.11 Å². The van der Waals surface area contributed by atoms with E-state index in [1.54, 1.807) is 0 Å². The lowest BCUT2D eigenvalue weighted by Crippen LogP contribution is -2.67. The fraction of sp³-hybridized carbons (Fsp3) is 0.733. The van der Waals surface area contributed by atoms with Crippen LogP contribution in [0.5, 0.6) is 0 Å². The SMILES string of the molecule is COC1(C(=O)O)CC(O)C(NC(=O)CCc2cn[nH]n2)C([C@H](O)[C@H](O)CO)O1. The van der Waals surface area contributed by atoms with Crippen molar-refractivity contribution in [3.63, 3.8) is 0 Å². The standard InChI is InChI=1S/C15H24N4O9/c1-27-15(14(25)26)4-8(21)11(13(28-15)12(24)9(22)6-20)17-10(23)3-2-7-5-16-19-18-7/h5,8-9,11-13,20-22,24H,2-4,6H2,1H3,(H,17,23)(H,25,26)(H,16,18,19)/t8?,9-,11?,12-,13?,15?/m1/s1. The molecule has 0 saturated carbocycles. The normalized spacial score (nSPS) is 29.8. The number of amides is 1. The summed E-state index contributed by atoms with van der Waals surface area (Å²) in [5, 5.41) is 61.2. The molecule has 28 heavy (non-hydrogen) atoms. The lowest BCUT2D eigenvalue weighted by Gasteiger charge is -2.46. The number of carboxylic acids is 1. The maximum atomic E-state index is 12.2. The van der Waals surface area contributed by atoms with Crippen molar-refractivity contribution >= 4 is 11.9 Å². The summed E-state index contributed by atoms with van der Waals surface area (Å²) in [4.78, 5) is 23.8. The predicted octanol–water partition coefficient (Wildman–Crippen LogP) is -3.49. The Kier molecular flexibility index (Phi) is 7.40. The first-order valence-electron chi connectivity index (χ1n) is 8.49. The van der Waals surface area contributed by atoms with E-state index < -0.39 is 61.1 Å². The molecule has 1 aliphatic rings. The highest BCUT2D eigenvalue weighted by atomic mass is 16.7. The van der Waals surface area contributed by atoms with Crippen LogP contribution in [0.2, 0.25) is 0 Å². The number of hydrogen-bond donors (Lipinski definition) is 7. The lowest BCUT2D eigenvalue weighted by atomic mass is 9.88. The number of ether oxygens (including phenoxy) is 2. The number of H-pyrrole nitrogens is 1. The summed E-state index contributed by atoms with van der Waals surface area (Å²) in [7, 11) is 1.05. The molecule has 1 aromatic heterocycles. The molecule has 1 amide bonds. The summed E-state index contributed by atoms with van der Waals surface area (Å²) < 4.78 is 10.2. The van der Waals surface area contributed by atoms with Gasteiger partial charge in [-0.3, -0.25) is 4.79 Å². The highest BCUT2D eigenvalue weighted by Gasteiger charge is 2.55. The molecule has 0 radical (unpaired) electrons. The van der Waals surface area contributed by atoms with Crippen LogP contribution < -0.4 is 5.32 Å². The average Bonchev–Trinajstić information content (AvgIpc) is 3.20. The second-order valence-corrected chi connectivity index (χ2v) is 6.41.